The van der Waals surface area contributed by atoms with Gasteiger partial charge in [0.2, 0.25) is 5.91 Å². The summed E-state index contributed by atoms with van der Waals surface area (Å²) in [6.45, 7) is 4.01. The molecule has 1 aliphatic heterocycles. The molecule has 1 saturated carbocycles. The summed E-state index contributed by atoms with van der Waals surface area (Å²) in [5.41, 5.74) is 1.17. The average Bonchev–Trinajstić information content (AvgIpc) is 2.69. The summed E-state index contributed by atoms with van der Waals surface area (Å²) in [5.74, 6) is -0.211. The standard InChI is InChI=1S/C21H25ClF3N3O5/c1-12(27-19(29)11-31-14-8-15(9-14)33-21(23,24)25)5-6-26-20(30)18-10-28(2)16-7-13(22)3-4-17(16)32-18/h3-4,7,14-15,18H,1,5-6,8-11H2,2H3,(H,26,30)(H,27,29)/t14-,15+,18?. The highest BCUT2D eigenvalue weighted by atomic mass is 35.5. The summed E-state index contributed by atoms with van der Waals surface area (Å²) < 4.78 is 51.1. The van der Waals surface area contributed by atoms with Crippen molar-refractivity contribution in [2.75, 3.05) is 31.6 Å². The molecular formula is C21H25ClF3N3O5. The number of benzene rings is 1. The van der Waals surface area contributed by atoms with Crippen LogP contribution in [-0.2, 0) is 19.1 Å². The topological polar surface area (TPSA) is 89.1 Å². The molecular weight excluding hydrogens is 467 g/mol. The molecule has 182 valence electrons. The van der Waals surface area contributed by atoms with Crippen LogP contribution in [0.3, 0.4) is 0 Å². The molecule has 1 aromatic carbocycles. The van der Waals surface area contributed by atoms with Gasteiger partial charge < -0.3 is 25.0 Å². The summed E-state index contributed by atoms with van der Waals surface area (Å²) in [7, 11) is 1.84. The fourth-order valence-corrected chi connectivity index (χ4v) is 3.61. The van der Waals surface area contributed by atoms with Crippen molar-refractivity contribution in [3.05, 3.63) is 35.5 Å². The molecule has 1 unspecified atom stereocenters. The van der Waals surface area contributed by atoms with Crippen LogP contribution in [0.5, 0.6) is 5.75 Å². The zero-order chi connectivity index (χ0) is 24.2. The van der Waals surface area contributed by atoms with Gasteiger partial charge in [-0.15, -0.1) is 13.2 Å². The average molecular weight is 492 g/mol. The third-order valence-corrected chi connectivity index (χ3v) is 5.41. The van der Waals surface area contributed by atoms with Crippen molar-refractivity contribution in [2.24, 2.45) is 0 Å². The van der Waals surface area contributed by atoms with Gasteiger partial charge in [-0.1, -0.05) is 18.2 Å². The van der Waals surface area contributed by atoms with Crippen LogP contribution < -0.4 is 20.3 Å². The van der Waals surface area contributed by atoms with Crippen LogP contribution in [0.4, 0.5) is 18.9 Å². The van der Waals surface area contributed by atoms with Crippen LogP contribution in [0, 0.1) is 0 Å². The highest BCUT2D eigenvalue weighted by Crippen LogP contribution is 2.35. The SMILES string of the molecule is C=C(CCNC(=O)C1CN(C)c2cc(Cl)ccc2O1)NC(=O)CO[C@H]1C[C@@H](OC(F)(F)F)C1. The lowest BCUT2D eigenvalue weighted by Gasteiger charge is -2.34. The second kappa shape index (κ2) is 10.6. The molecule has 1 atom stereocenters. The minimum atomic E-state index is -4.67. The van der Waals surface area contributed by atoms with Crippen molar-refractivity contribution in [1.82, 2.24) is 10.6 Å². The molecule has 1 heterocycles. The maximum Gasteiger partial charge on any atom is 0.522 e. The van der Waals surface area contributed by atoms with Crippen molar-refractivity contribution in [3.8, 4) is 5.75 Å². The van der Waals surface area contributed by atoms with Crippen LogP contribution in [0.1, 0.15) is 19.3 Å². The molecule has 0 aromatic heterocycles. The van der Waals surface area contributed by atoms with Gasteiger partial charge >= 0.3 is 6.36 Å². The first-order valence-corrected chi connectivity index (χ1v) is 10.7. The van der Waals surface area contributed by atoms with Crippen LogP contribution in [-0.4, -0.2) is 63.2 Å². The van der Waals surface area contributed by atoms with Gasteiger partial charge in [-0.2, -0.15) is 0 Å². The van der Waals surface area contributed by atoms with E-state index in [0.29, 0.717) is 23.0 Å². The van der Waals surface area contributed by atoms with E-state index in [4.69, 9.17) is 21.1 Å². The normalized spacial score (nSPS) is 22.0. The van der Waals surface area contributed by atoms with Crippen LogP contribution >= 0.6 is 11.6 Å². The fraction of sp³-hybridized carbons (Fsp3) is 0.524. The Hall–Kier alpha value is -2.50. The lowest BCUT2D eigenvalue weighted by atomic mass is 9.92. The maximum atomic E-state index is 12.4. The number of anilines is 1. The van der Waals surface area contributed by atoms with Gasteiger partial charge in [0, 0.05) is 43.6 Å². The number of rotatable bonds is 9. The van der Waals surface area contributed by atoms with E-state index in [0.717, 1.165) is 5.69 Å². The number of carbonyl (C=O) groups is 2. The second-order valence-electron chi connectivity index (χ2n) is 7.88. The summed E-state index contributed by atoms with van der Waals surface area (Å²) >= 11 is 6.00. The first-order chi connectivity index (χ1) is 15.5. The number of nitrogens with zero attached hydrogens (tertiary/aromatic N) is 1. The Morgan fingerprint density at radius 3 is 2.73 bits per heavy atom. The second-order valence-corrected chi connectivity index (χ2v) is 8.32. The van der Waals surface area contributed by atoms with E-state index >= 15 is 0 Å². The minimum absolute atomic E-state index is 0.0791. The monoisotopic (exact) mass is 491 g/mol. The van der Waals surface area contributed by atoms with Crippen LogP contribution in [0.2, 0.25) is 5.02 Å². The van der Waals surface area contributed by atoms with Crippen molar-refractivity contribution in [3.63, 3.8) is 0 Å². The Morgan fingerprint density at radius 2 is 2.03 bits per heavy atom. The molecule has 2 amide bonds. The summed E-state index contributed by atoms with van der Waals surface area (Å²) in [4.78, 5) is 26.2. The molecule has 1 aliphatic carbocycles. The fourth-order valence-electron chi connectivity index (χ4n) is 3.44. The van der Waals surface area contributed by atoms with Crippen LogP contribution in [0.15, 0.2) is 30.5 Å². The smallest absolute Gasteiger partial charge is 0.477 e. The lowest BCUT2D eigenvalue weighted by Crippen LogP contribution is -2.48. The Labute approximate surface area is 194 Å². The van der Waals surface area contributed by atoms with E-state index in [9.17, 15) is 22.8 Å². The first kappa shape index (κ1) is 25.1. The molecule has 12 heteroatoms. The number of likely N-dealkylation sites (N-methyl/N-ethyl adjacent to an activating group) is 1. The van der Waals surface area contributed by atoms with Crippen molar-refractivity contribution in [2.45, 2.75) is 43.9 Å². The third kappa shape index (κ3) is 7.51. The largest absolute Gasteiger partial charge is 0.522 e. The Balaban J connectivity index is 1.30. The van der Waals surface area contributed by atoms with Gasteiger partial charge in [0.05, 0.1) is 24.4 Å². The highest BCUT2D eigenvalue weighted by molar-refractivity contribution is 6.31. The maximum absolute atomic E-state index is 12.4. The Morgan fingerprint density at radius 1 is 1.30 bits per heavy atom. The van der Waals surface area contributed by atoms with Gasteiger partial charge in [0.1, 0.15) is 12.4 Å². The van der Waals surface area contributed by atoms with Gasteiger partial charge in [0.25, 0.3) is 5.91 Å². The number of hydrogen-bond donors (Lipinski definition) is 2. The number of alkyl halides is 3. The van der Waals surface area contributed by atoms with E-state index in [1.807, 2.05) is 11.9 Å². The van der Waals surface area contributed by atoms with E-state index in [1.54, 1.807) is 18.2 Å². The minimum Gasteiger partial charge on any atom is -0.477 e. The molecule has 1 aromatic rings. The van der Waals surface area contributed by atoms with E-state index in [2.05, 4.69) is 21.9 Å². The number of halogens is 4. The van der Waals surface area contributed by atoms with Crippen molar-refractivity contribution in [1.29, 1.82) is 0 Å². The predicted molar refractivity (Wildman–Crippen MR) is 114 cm³/mol. The van der Waals surface area contributed by atoms with E-state index < -0.39 is 30.6 Å². The number of ether oxygens (including phenoxy) is 3. The zero-order valence-electron chi connectivity index (χ0n) is 17.9. The molecule has 3 rings (SSSR count). The van der Waals surface area contributed by atoms with Gasteiger partial charge in [-0.05, 0) is 18.2 Å². The molecule has 0 spiro atoms. The molecule has 2 N–H and O–H groups in total. The highest BCUT2D eigenvalue weighted by Gasteiger charge is 2.40. The molecule has 2 aliphatic rings. The van der Waals surface area contributed by atoms with Crippen molar-refractivity contribution >= 4 is 29.1 Å². The third-order valence-electron chi connectivity index (χ3n) is 5.18. The van der Waals surface area contributed by atoms with E-state index in [-0.39, 0.29) is 38.3 Å². The van der Waals surface area contributed by atoms with Crippen molar-refractivity contribution < 1.29 is 37.0 Å². The predicted octanol–water partition coefficient (Wildman–Crippen LogP) is 2.76. The Bertz CT molecular complexity index is 892. The first-order valence-electron chi connectivity index (χ1n) is 10.3. The molecule has 33 heavy (non-hydrogen) atoms. The summed E-state index contributed by atoms with van der Waals surface area (Å²) in [5, 5.41) is 5.86. The summed E-state index contributed by atoms with van der Waals surface area (Å²) in [6.07, 6.45) is -6.31. The number of fused-ring (bicyclic) bond motifs is 1. The zero-order valence-corrected chi connectivity index (χ0v) is 18.7. The molecule has 8 nitrogen and oxygen atoms in total. The van der Waals surface area contributed by atoms with Gasteiger partial charge in [-0.3, -0.25) is 14.3 Å². The van der Waals surface area contributed by atoms with Gasteiger partial charge in [-0.25, -0.2) is 0 Å². The number of hydrogen-bond acceptors (Lipinski definition) is 6. The molecule has 0 radical (unpaired) electrons. The van der Waals surface area contributed by atoms with Gasteiger partial charge in [0.15, 0.2) is 6.10 Å². The molecule has 1 fully saturated rings. The van der Waals surface area contributed by atoms with Crippen LogP contribution in [0.25, 0.3) is 0 Å². The number of carbonyl (C=O) groups excluding carboxylic acids is 2. The molecule has 0 bridgehead atoms. The molecule has 0 saturated heterocycles. The quantitative estimate of drug-likeness (QED) is 0.552. The number of amides is 2. The summed E-state index contributed by atoms with van der Waals surface area (Å²) in [6, 6.07) is 5.16. The number of nitrogens with one attached hydrogen (secondary N) is 2. The van der Waals surface area contributed by atoms with E-state index in [1.165, 1.54) is 0 Å². The Kier molecular flexibility index (Phi) is 8.09. The lowest BCUT2D eigenvalue weighted by molar-refractivity contribution is -0.357.